The van der Waals surface area contributed by atoms with Gasteiger partial charge < -0.3 is 5.11 Å². The van der Waals surface area contributed by atoms with E-state index in [-0.39, 0.29) is 6.04 Å². The van der Waals surface area contributed by atoms with Gasteiger partial charge in [0.15, 0.2) is 0 Å². The van der Waals surface area contributed by atoms with Crippen molar-refractivity contribution in [2.45, 2.75) is 32.4 Å². The van der Waals surface area contributed by atoms with Crippen LogP contribution in [0, 0.1) is 0 Å². The van der Waals surface area contributed by atoms with E-state index in [2.05, 4.69) is 60.4 Å². The molecule has 0 heterocycles. The fraction of sp³-hybridized carbons (Fsp3) is 0.368. The normalized spacial score (nSPS) is 14.3. The van der Waals surface area contributed by atoms with Crippen molar-refractivity contribution in [3.8, 4) is 11.1 Å². The van der Waals surface area contributed by atoms with Gasteiger partial charge in [-0.15, -0.1) is 0 Å². The van der Waals surface area contributed by atoms with Gasteiger partial charge >= 0.3 is 0 Å². The SMILES string of the molecule is CCN(CC(C)(C)O)C1c2ccccc2-c2ccccc21. The van der Waals surface area contributed by atoms with Crippen molar-refractivity contribution in [2.75, 3.05) is 13.1 Å². The lowest BCUT2D eigenvalue weighted by Crippen LogP contribution is -2.40. The first kappa shape index (κ1) is 14.3. The first-order valence-corrected chi connectivity index (χ1v) is 7.66. The van der Waals surface area contributed by atoms with Gasteiger partial charge in [-0.3, -0.25) is 4.90 Å². The highest BCUT2D eigenvalue weighted by atomic mass is 16.3. The average Bonchev–Trinajstić information content (AvgIpc) is 2.79. The topological polar surface area (TPSA) is 23.5 Å². The van der Waals surface area contributed by atoms with Gasteiger partial charge in [-0.25, -0.2) is 0 Å². The van der Waals surface area contributed by atoms with E-state index < -0.39 is 5.60 Å². The van der Waals surface area contributed by atoms with Gasteiger partial charge in [-0.1, -0.05) is 55.5 Å². The van der Waals surface area contributed by atoms with Gasteiger partial charge in [0.05, 0.1) is 11.6 Å². The van der Waals surface area contributed by atoms with Gasteiger partial charge in [-0.05, 0) is 42.6 Å². The number of aliphatic hydroxyl groups is 1. The summed E-state index contributed by atoms with van der Waals surface area (Å²) in [6, 6.07) is 17.5. The van der Waals surface area contributed by atoms with Crippen molar-refractivity contribution in [3.63, 3.8) is 0 Å². The predicted molar refractivity (Wildman–Crippen MR) is 87.3 cm³/mol. The largest absolute Gasteiger partial charge is 0.389 e. The molecule has 0 radical (unpaired) electrons. The van der Waals surface area contributed by atoms with E-state index in [4.69, 9.17) is 0 Å². The predicted octanol–water partition coefficient (Wildman–Crippen LogP) is 3.85. The van der Waals surface area contributed by atoms with E-state index in [0.29, 0.717) is 6.54 Å². The van der Waals surface area contributed by atoms with Crippen LogP contribution >= 0.6 is 0 Å². The van der Waals surface area contributed by atoms with Crippen LogP contribution in [0.5, 0.6) is 0 Å². The zero-order valence-electron chi connectivity index (χ0n) is 13.0. The molecule has 3 rings (SSSR count). The maximum absolute atomic E-state index is 10.2. The number of rotatable bonds is 4. The third-order valence-electron chi connectivity index (χ3n) is 4.16. The minimum Gasteiger partial charge on any atom is -0.389 e. The number of fused-ring (bicyclic) bond motifs is 3. The summed E-state index contributed by atoms with van der Waals surface area (Å²) in [5.41, 5.74) is 4.66. The zero-order valence-corrected chi connectivity index (χ0v) is 13.0. The van der Waals surface area contributed by atoms with Crippen LogP contribution in [0.1, 0.15) is 37.9 Å². The summed E-state index contributed by atoms with van der Waals surface area (Å²) in [6.45, 7) is 7.49. The third kappa shape index (κ3) is 2.61. The first-order chi connectivity index (χ1) is 10.0. The minimum atomic E-state index is -0.692. The molecule has 21 heavy (non-hydrogen) atoms. The second kappa shape index (κ2) is 5.28. The molecule has 0 amide bonds. The smallest absolute Gasteiger partial charge is 0.0718 e. The van der Waals surface area contributed by atoms with E-state index in [1.807, 2.05) is 13.8 Å². The molecule has 0 spiro atoms. The third-order valence-corrected chi connectivity index (χ3v) is 4.16. The molecule has 0 saturated heterocycles. The van der Waals surface area contributed by atoms with Crippen LogP contribution in [-0.2, 0) is 0 Å². The van der Waals surface area contributed by atoms with Crippen molar-refractivity contribution in [1.29, 1.82) is 0 Å². The molecular formula is C19H23NO. The van der Waals surface area contributed by atoms with Gasteiger partial charge in [0.25, 0.3) is 0 Å². The van der Waals surface area contributed by atoms with Crippen molar-refractivity contribution < 1.29 is 5.11 Å². The summed E-state index contributed by atoms with van der Waals surface area (Å²) in [4.78, 5) is 2.37. The van der Waals surface area contributed by atoms with Crippen LogP contribution < -0.4 is 0 Å². The maximum Gasteiger partial charge on any atom is 0.0718 e. The molecule has 2 aromatic carbocycles. The van der Waals surface area contributed by atoms with Crippen molar-refractivity contribution >= 4 is 0 Å². The highest BCUT2D eigenvalue weighted by molar-refractivity contribution is 5.78. The highest BCUT2D eigenvalue weighted by Gasteiger charge is 2.33. The quantitative estimate of drug-likeness (QED) is 0.920. The Morgan fingerprint density at radius 1 is 0.952 bits per heavy atom. The zero-order chi connectivity index (χ0) is 15.0. The lowest BCUT2D eigenvalue weighted by atomic mass is 10.0. The van der Waals surface area contributed by atoms with Crippen molar-refractivity contribution in [2.24, 2.45) is 0 Å². The molecule has 0 unspecified atom stereocenters. The molecule has 0 aromatic heterocycles. The lowest BCUT2D eigenvalue weighted by molar-refractivity contribution is 0.0285. The number of nitrogens with zero attached hydrogens (tertiary/aromatic N) is 1. The number of hydrogen-bond acceptors (Lipinski definition) is 2. The molecule has 110 valence electrons. The van der Waals surface area contributed by atoms with Crippen LogP contribution in [0.2, 0.25) is 0 Å². The fourth-order valence-corrected chi connectivity index (χ4v) is 3.41. The first-order valence-electron chi connectivity index (χ1n) is 7.66. The second-order valence-corrected chi connectivity index (χ2v) is 6.45. The Morgan fingerprint density at radius 3 is 1.86 bits per heavy atom. The van der Waals surface area contributed by atoms with Crippen LogP contribution in [0.25, 0.3) is 11.1 Å². The number of benzene rings is 2. The van der Waals surface area contributed by atoms with Gasteiger partial charge in [0.1, 0.15) is 0 Å². The Labute approximate surface area is 127 Å². The van der Waals surface area contributed by atoms with Crippen LogP contribution in [-0.4, -0.2) is 28.7 Å². The molecule has 0 bridgehead atoms. The minimum absolute atomic E-state index is 0.244. The molecule has 2 nitrogen and oxygen atoms in total. The Hall–Kier alpha value is -1.64. The summed E-state index contributed by atoms with van der Waals surface area (Å²) in [5, 5.41) is 10.2. The Bertz CT molecular complexity index is 597. The molecular weight excluding hydrogens is 258 g/mol. The standard InChI is InChI=1S/C19H23NO/c1-4-20(13-19(2,3)21)18-16-11-7-5-9-14(16)15-10-6-8-12-17(15)18/h5-12,18,21H,4,13H2,1-3H3. The molecule has 2 aromatic rings. The molecule has 1 aliphatic carbocycles. The van der Waals surface area contributed by atoms with E-state index in [9.17, 15) is 5.11 Å². The van der Waals surface area contributed by atoms with Gasteiger partial charge in [-0.2, -0.15) is 0 Å². The molecule has 1 N–H and O–H groups in total. The van der Waals surface area contributed by atoms with Crippen LogP contribution in [0.3, 0.4) is 0 Å². The molecule has 0 saturated carbocycles. The van der Waals surface area contributed by atoms with Crippen molar-refractivity contribution in [1.82, 2.24) is 4.90 Å². The summed E-state index contributed by atoms with van der Waals surface area (Å²) in [6.07, 6.45) is 0. The summed E-state index contributed by atoms with van der Waals surface area (Å²) >= 11 is 0. The molecule has 0 aliphatic heterocycles. The molecule has 0 atom stereocenters. The van der Waals surface area contributed by atoms with E-state index in [1.165, 1.54) is 22.3 Å². The summed E-state index contributed by atoms with van der Waals surface area (Å²) < 4.78 is 0. The number of hydrogen-bond donors (Lipinski definition) is 1. The lowest BCUT2D eigenvalue weighted by Gasteiger charge is -2.34. The Balaban J connectivity index is 2.09. The van der Waals surface area contributed by atoms with Crippen LogP contribution in [0.4, 0.5) is 0 Å². The maximum atomic E-state index is 10.2. The fourth-order valence-electron chi connectivity index (χ4n) is 3.41. The van der Waals surface area contributed by atoms with Crippen molar-refractivity contribution in [3.05, 3.63) is 59.7 Å². The van der Waals surface area contributed by atoms with E-state index in [0.717, 1.165) is 6.54 Å². The van der Waals surface area contributed by atoms with E-state index in [1.54, 1.807) is 0 Å². The van der Waals surface area contributed by atoms with Gasteiger partial charge in [0.2, 0.25) is 0 Å². The molecule has 0 fully saturated rings. The van der Waals surface area contributed by atoms with Gasteiger partial charge in [0, 0.05) is 6.54 Å². The molecule has 1 aliphatic rings. The van der Waals surface area contributed by atoms with Crippen LogP contribution in [0.15, 0.2) is 48.5 Å². The Kier molecular flexibility index (Phi) is 3.60. The monoisotopic (exact) mass is 281 g/mol. The average molecular weight is 281 g/mol. The second-order valence-electron chi connectivity index (χ2n) is 6.45. The number of likely N-dealkylation sites (N-methyl/N-ethyl adjacent to an activating group) is 1. The van der Waals surface area contributed by atoms with E-state index >= 15 is 0 Å². The summed E-state index contributed by atoms with van der Waals surface area (Å²) in [7, 11) is 0. The molecule has 2 heteroatoms. The summed E-state index contributed by atoms with van der Waals surface area (Å²) in [5.74, 6) is 0. The highest BCUT2D eigenvalue weighted by Crippen LogP contribution is 2.46. The Morgan fingerprint density at radius 2 is 1.43 bits per heavy atom.